The van der Waals surface area contributed by atoms with Gasteiger partial charge in [0, 0.05) is 32.0 Å². The van der Waals surface area contributed by atoms with Crippen molar-refractivity contribution in [2.45, 2.75) is 25.5 Å². The van der Waals surface area contributed by atoms with Gasteiger partial charge in [0.25, 0.3) is 0 Å². The van der Waals surface area contributed by atoms with Crippen molar-refractivity contribution in [3.05, 3.63) is 54.1 Å². The van der Waals surface area contributed by atoms with Crippen LogP contribution in [0.25, 0.3) is 0 Å². The molecule has 0 aromatic heterocycles. The second-order valence-electron chi connectivity index (χ2n) is 6.31. The van der Waals surface area contributed by atoms with Crippen molar-refractivity contribution >= 4 is 5.69 Å². The first kappa shape index (κ1) is 18.5. The predicted octanol–water partition coefficient (Wildman–Crippen LogP) is 3.88. The zero-order chi connectivity index (χ0) is 18.0. The molecule has 0 saturated carbocycles. The number of anilines is 1. The highest BCUT2D eigenvalue weighted by atomic mass is 16.5. The molecule has 1 N–H and O–H groups in total. The van der Waals surface area contributed by atoms with Gasteiger partial charge in [0.05, 0.1) is 12.7 Å². The molecule has 1 saturated heterocycles. The van der Waals surface area contributed by atoms with Gasteiger partial charge in [-0.1, -0.05) is 18.2 Å². The summed E-state index contributed by atoms with van der Waals surface area (Å²) < 4.78 is 22.0. The fourth-order valence-electron chi connectivity index (χ4n) is 2.81. The standard InChI is InChI=1S/C21H27NO4/c1-23-12-13-25-19-9-7-17(8-10-19)15-22-18-4-2-5-20(14-18)26-16-21-6-3-11-24-21/h2,4-5,7-10,14,21-22H,3,6,11-13,15-16H2,1H3. The fraction of sp³-hybridized carbons (Fsp3) is 0.429. The van der Waals surface area contributed by atoms with Crippen LogP contribution in [0.15, 0.2) is 48.5 Å². The van der Waals surface area contributed by atoms with Crippen LogP contribution in [0.2, 0.25) is 0 Å². The number of hydrogen-bond donors (Lipinski definition) is 1. The van der Waals surface area contributed by atoms with E-state index in [-0.39, 0.29) is 6.10 Å². The molecule has 2 aromatic rings. The second-order valence-corrected chi connectivity index (χ2v) is 6.31. The van der Waals surface area contributed by atoms with E-state index in [1.54, 1.807) is 7.11 Å². The minimum Gasteiger partial charge on any atom is -0.491 e. The number of ether oxygens (including phenoxy) is 4. The number of benzene rings is 2. The van der Waals surface area contributed by atoms with Gasteiger partial charge in [-0.05, 0) is 42.7 Å². The third-order valence-corrected chi connectivity index (χ3v) is 4.27. The minimum absolute atomic E-state index is 0.233. The van der Waals surface area contributed by atoms with E-state index < -0.39 is 0 Å². The van der Waals surface area contributed by atoms with E-state index >= 15 is 0 Å². The number of hydrogen-bond acceptors (Lipinski definition) is 5. The summed E-state index contributed by atoms with van der Waals surface area (Å²) in [5, 5.41) is 3.43. The largest absolute Gasteiger partial charge is 0.491 e. The third-order valence-electron chi connectivity index (χ3n) is 4.27. The van der Waals surface area contributed by atoms with Crippen molar-refractivity contribution < 1.29 is 18.9 Å². The van der Waals surface area contributed by atoms with Gasteiger partial charge in [-0.25, -0.2) is 0 Å². The lowest BCUT2D eigenvalue weighted by molar-refractivity contribution is 0.0680. The molecule has 0 aliphatic carbocycles. The van der Waals surface area contributed by atoms with E-state index in [0.717, 1.165) is 43.2 Å². The fourth-order valence-corrected chi connectivity index (χ4v) is 2.81. The summed E-state index contributed by atoms with van der Waals surface area (Å²) in [4.78, 5) is 0. The molecule has 0 bridgehead atoms. The Morgan fingerprint density at radius 2 is 1.92 bits per heavy atom. The summed E-state index contributed by atoms with van der Waals surface area (Å²) in [6, 6.07) is 16.1. The van der Waals surface area contributed by atoms with Crippen molar-refractivity contribution in [1.82, 2.24) is 0 Å². The summed E-state index contributed by atoms with van der Waals surface area (Å²) >= 11 is 0. The van der Waals surface area contributed by atoms with Gasteiger partial charge in [-0.15, -0.1) is 0 Å². The van der Waals surface area contributed by atoms with Crippen LogP contribution in [-0.4, -0.2) is 39.6 Å². The van der Waals surface area contributed by atoms with Gasteiger partial charge in [0.15, 0.2) is 0 Å². The molecule has 3 rings (SSSR count). The Morgan fingerprint density at radius 3 is 2.69 bits per heavy atom. The zero-order valence-corrected chi connectivity index (χ0v) is 15.3. The van der Waals surface area contributed by atoms with Gasteiger partial charge in [0.1, 0.15) is 24.7 Å². The summed E-state index contributed by atoms with van der Waals surface area (Å²) in [6.45, 7) is 3.37. The lowest BCUT2D eigenvalue weighted by Crippen LogP contribution is -2.16. The van der Waals surface area contributed by atoms with Gasteiger partial charge < -0.3 is 24.3 Å². The van der Waals surface area contributed by atoms with E-state index in [9.17, 15) is 0 Å². The van der Waals surface area contributed by atoms with Gasteiger partial charge in [-0.2, -0.15) is 0 Å². The van der Waals surface area contributed by atoms with Gasteiger partial charge in [0.2, 0.25) is 0 Å². The Labute approximate surface area is 155 Å². The maximum absolute atomic E-state index is 5.85. The second kappa shape index (κ2) is 10.0. The molecule has 26 heavy (non-hydrogen) atoms. The van der Waals surface area contributed by atoms with E-state index in [1.165, 1.54) is 5.56 Å². The molecule has 0 radical (unpaired) electrons. The maximum atomic E-state index is 5.85. The van der Waals surface area contributed by atoms with Crippen LogP contribution in [0.1, 0.15) is 18.4 Å². The highest BCUT2D eigenvalue weighted by molar-refractivity contribution is 5.48. The number of rotatable bonds is 10. The van der Waals surface area contributed by atoms with Crippen molar-refractivity contribution in [3.8, 4) is 11.5 Å². The molecular weight excluding hydrogens is 330 g/mol. The third kappa shape index (κ3) is 5.93. The molecule has 2 aromatic carbocycles. The first-order valence-corrected chi connectivity index (χ1v) is 9.12. The van der Waals surface area contributed by atoms with Crippen molar-refractivity contribution in [2.75, 3.05) is 38.9 Å². The van der Waals surface area contributed by atoms with Crippen LogP contribution in [0.3, 0.4) is 0 Å². The molecule has 1 fully saturated rings. The van der Waals surface area contributed by atoms with Crippen molar-refractivity contribution in [3.63, 3.8) is 0 Å². The average molecular weight is 357 g/mol. The summed E-state index contributed by atoms with van der Waals surface area (Å²) in [5.74, 6) is 1.72. The first-order chi connectivity index (χ1) is 12.8. The Morgan fingerprint density at radius 1 is 1.04 bits per heavy atom. The Kier molecular flexibility index (Phi) is 7.16. The molecule has 1 aliphatic heterocycles. The van der Waals surface area contributed by atoms with E-state index in [2.05, 4.69) is 17.4 Å². The minimum atomic E-state index is 0.233. The summed E-state index contributed by atoms with van der Waals surface area (Å²) in [7, 11) is 1.67. The molecule has 5 nitrogen and oxygen atoms in total. The van der Waals surface area contributed by atoms with Crippen LogP contribution in [0, 0.1) is 0 Å². The van der Waals surface area contributed by atoms with E-state index in [1.807, 2.05) is 36.4 Å². The monoisotopic (exact) mass is 357 g/mol. The Balaban J connectivity index is 1.45. The van der Waals surface area contributed by atoms with Crippen LogP contribution in [-0.2, 0) is 16.0 Å². The average Bonchev–Trinajstić information content (AvgIpc) is 3.20. The molecule has 0 amide bonds. The maximum Gasteiger partial charge on any atom is 0.121 e. The highest BCUT2D eigenvalue weighted by Crippen LogP contribution is 2.20. The molecular formula is C21H27NO4. The van der Waals surface area contributed by atoms with Crippen LogP contribution >= 0.6 is 0 Å². The summed E-state index contributed by atoms with van der Waals surface area (Å²) in [6.07, 6.45) is 2.45. The lowest BCUT2D eigenvalue weighted by Gasteiger charge is -2.13. The Hall–Kier alpha value is -2.24. The molecule has 140 valence electrons. The normalized spacial score (nSPS) is 16.4. The highest BCUT2D eigenvalue weighted by Gasteiger charge is 2.15. The molecule has 1 heterocycles. The molecule has 5 heteroatoms. The lowest BCUT2D eigenvalue weighted by atomic mass is 10.2. The van der Waals surface area contributed by atoms with Crippen molar-refractivity contribution in [2.24, 2.45) is 0 Å². The zero-order valence-electron chi connectivity index (χ0n) is 15.3. The van der Waals surface area contributed by atoms with Crippen LogP contribution in [0.5, 0.6) is 11.5 Å². The number of nitrogens with one attached hydrogen (secondary N) is 1. The van der Waals surface area contributed by atoms with Gasteiger partial charge >= 0.3 is 0 Å². The van der Waals surface area contributed by atoms with Gasteiger partial charge in [-0.3, -0.25) is 0 Å². The molecule has 0 spiro atoms. The molecule has 1 unspecified atom stereocenters. The molecule has 1 aliphatic rings. The number of methoxy groups -OCH3 is 1. The first-order valence-electron chi connectivity index (χ1n) is 9.12. The van der Waals surface area contributed by atoms with Crippen LogP contribution in [0.4, 0.5) is 5.69 Å². The van der Waals surface area contributed by atoms with Crippen LogP contribution < -0.4 is 14.8 Å². The summed E-state index contributed by atoms with van der Waals surface area (Å²) in [5.41, 5.74) is 2.23. The van der Waals surface area contributed by atoms with E-state index in [4.69, 9.17) is 18.9 Å². The van der Waals surface area contributed by atoms with E-state index in [0.29, 0.717) is 19.8 Å². The SMILES string of the molecule is COCCOc1ccc(CNc2cccc(OCC3CCCO3)c2)cc1. The smallest absolute Gasteiger partial charge is 0.121 e. The predicted molar refractivity (Wildman–Crippen MR) is 102 cm³/mol. The molecule has 1 atom stereocenters. The Bertz CT molecular complexity index is 653. The topological polar surface area (TPSA) is 49.0 Å². The van der Waals surface area contributed by atoms with Crippen molar-refractivity contribution in [1.29, 1.82) is 0 Å². The quantitative estimate of drug-likeness (QED) is 0.654.